The number of anilines is 1. The van der Waals surface area contributed by atoms with Gasteiger partial charge in [0.25, 0.3) is 0 Å². The third-order valence-electron chi connectivity index (χ3n) is 3.45. The number of rotatable bonds is 5. The Morgan fingerprint density at radius 1 is 0.840 bits per heavy atom. The van der Waals surface area contributed by atoms with Gasteiger partial charge in [-0.05, 0) is 23.3 Å². The molecule has 0 aliphatic rings. The lowest BCUT2D eigenvalue weighted by Crippen LogP contribution is -2.39. The first kappa shape index (κ1) is 18.8. The molecule has 0 fully saturated rings. The fourth-order valence-corrected chi connectivity index (χ4v) is 2.28. The number of imide groups is 1. The lowest BCUT2D eigenvalue weighted by molar-refractivity contribution is 0.121. The van der Waals surface area contributed by atoms with Crippen LogP contribution >= 0.6 is 0 Å². The fraction of sp³-hybridized carbons (Fsp3) is 0.400. The summed E-state index contributed by atoms with van der Waals surface area (Å²) in [5.41, 5.74) is 0.459. The van der Waals surface area contributed by atoms with Crippen molar-refractivity contribution in [3.8, 4) is 0 Å². The summed E-state index contributed by atoms with van der Waals surface area (Å²) in [6, 6.07) is 13.0. The molecular weight excluding hydrogens is 318 g/mol. The van der Waals surface area contributed by atoms with Crippen molar-refractivity contribution in [1.29, 1.82) is 0 Å². The van der Waals surface area contributed by atoms with Gasteiger partial charge in [-0.25, -0.2) is 9.59 Å². The summed E-state index contributed by atoms with van der Waals surface area (Å²) < 4.78 is 10.6. The molecule has 0 aromatic heterocycles. The van der Waals surface area contributed by atoms with Crippen LogP contribution in [-0.4, -0.2) is 25.4 Å². The molecule has 0 aliphatic carbocycles. The monoisotopic (exact) mass is 343 g/mol. The molecule has 2 aromatic rings. The van der Waals surface area contributed by atoms with Crippen molar-refractivity contribution >= 4 is 28.6 Å². The predicted octanol–water partition coefficient (Wildman–Crippen LogP) is 5.23. The molecule has 0 spiro atoms. The lowest BCUT2D eigenvalue weighted by Gasteiger charge is -2.22. The lowest BCUT2D eigenvalue weighted by atomic mass is 10.1. The van der Waals surface area contributed by atoms with Gasteiger partial charge in [-0.15, -0.1) is 0 Å². The van der Waals surface area contributed by atoms with Gasteiger partial charge in [-0.2, -0.15) is 4.90 Å². The van der Waals surface area contributed by atoms with Gasteiger partial charge in [-0.1, -0.05) is 64.1 Å². The number of benzene rings is 2. The molecule has 5 heteroatoms. The van der Waals surface area contributed by atoms with Crippen molar-refractivity contribution in [2.45, 2.75) is 27.7 Å². The number of carbonyl (C=O) groups excluding carboxylic acids is 2. The molecule has 0 N–H and O–H groups in total. The summed E-state index contributed by atoms with van der Waals surface area (Å²) in [5.74, 6) is 0.343. The van der Waals surface area contributed by atoms with E-state index < -0.39 is 12.2 Å². The summed E-state index contributed by atoms with van der Waals surface area (Å²) in [5, 5.41) is 1.71. The average Bonchev–Trinajstić information content (AvgIpc) is 2.58. The molecule has 0 radical (unpaired) electrons. The first-order valence-electron chi connectivity index (χ1n) is 8.51. The van der Waals surface area contributed by atoms with Gasteiger partial charge in [0.05, 0.1) is 18.9 Å². The van der Waals surface area contributed by atoms with E-state index in [0.717, 1.165) is 15.7 Å². The summed E-state index contributed by atoms with van der Waals surface area (Å²) in [4.78, 5) is 26.1. The Hall–Kier alpha value is -2.56. The molecule has 0 aliphatic heterocycles. The number of nitrogens with zero attached hydrogens (tertiary/aromatic N) is 1. The van der Waals surface area contributed by atoms with Crippen LogP contribution in [0.3, 0.4) is 0 Å². The molecule has 0 heterocycles. The second kappa shape index (κ2) is 8.51. The Balaban J connectivity index is 2.38. The van der Waals surface area contributed by atoms with E-state index in [1.807, 2.05) is 58.0 Å². The average molecular weight is 343 g/mol. The highest BCUT2D eigenvalue weighted by Gasteiger charge is 2.28. The van der Waals surface area contributed by atoms with Crippen molar-refractivity contribution in [3.63, 3.8) is 0 Å². The third-order valence-corrected chi connectivity index (χ3v) is 3.45. The smallest absolute Gasteiger partial charge is 0.424 e. The second-order valence-corrected chi connectivity index (χ2v) is 6.78. The van der Waals surface area contributed by atoms with Gasteiger partial charge >= 0.3 is 12.2 Å². The van der Waals surface area contributed by atoms with Crippen LogP contribution in [0.25, 0.3) is 10.8 Å². The van der Waals surface area contributed by atoms with Crippen LogP contribution in [0.2, 0.25) is 0 Å². The van der Waals surface area contributed by atoms with Gasteiger partial charge in [0.15, 0.2) is 0 Å². The minimum absolute atomic E-state index is 0.171. The van der Waals surface area contributed by atoms with E-state index >= 15 is 0 Å². The summed E-state index contributed by atoms with van der Waals surface area (Å²) in [6.07, 6.45) is -1.45. The van der Waals surface area contributed by atoms with E-state index in [1.165, 1.54) is 0 Å². The van der Waals surface area contributed by atoms with Crippen LogP contribution in [0.1, 0.15) is 27.7 Å². The SMILES string of the molecule is CC(C)COC(=O)N(C(=O)OCC(C)C)c1cccc2ccccc12. The van der Waals surface area contributed by atoms with Crippen LogP contribution in [0.15, 0.2) is 42.5 Å². The van der Waals surface area contributed by atoms with E-state index in [9.17, 15) is 9.59 Å². The molecule has 0 atom stereocenters. The Morgan fingerprint density at radius 2 is 1.36 bits per heavy atom. The zero-order chi connectivity index (χ0) is 18.4. The van der Waals surface area contributed by atoms with Crippen molar-refractivity contribution in [1.82, 2.24) is 0 Å². The Labute approximate surface area is 148 Å². The minimum atomic E-state index is -0.723. The van der Waals surface area contributed by atoms with Crippen molar-refractivity contribution in [2.24, 2.45) is 11.8 Å². The molecule has 5 nitrogen and oxygen atoms in total. The van der Waals surface area contributed by atoms with Crippen LogP contribution in [-0.2, 0) is 9.47 Å². The molecule has 2 rings (SSSR count). The number of fused-ring (bicyclic) bond motifs is 1. The molecule has 0 saturated heterocycles. The largest absolute Gasteiger partial charge is 0.448 e. The predicted molar refractivity (Wildman–Crippen MR) is 98.8 cm³/mol. The van der Waals surface area contributed by atoms with Crippen LogP contribution in [0.4, 0.5) is 15.3 Å². The number of ether oxygens (including phenoxy) is 2. The van der Waals surface area contributed by atoms with E-state index in [4.69, 9.17) is 9.47 Å². The standard InChI is InChI=1S/C20H25NO4/c1-14(2)12-24-19(22)21(20(23)25-13-15(3)4)18-11-7-9-16-8-5-6-10-17(16)18/h5-11,14-15H,12-13H2,1-4H3. The minimum Gasteiger partial charge on any atom is -0.448 e. The first-order chi connectivity index (χ1) is 11.9. The first-order valence-corrected chi connectivity index (χ1v) is 8.51. The van der Waals surface area contributed by atoms with Gasteiger partial charge in [-0.3, -0.25) is 0 Å². The Morgan fingerprint density at radius 3 is 1.92 bits per heavy atom. The summed E-state index contributed by atoms with van der Waals surface area (Å²) >= 11 is 0. The van der Waals surface area contributed by atoms with Gasteiger partial charge < -0.3 is 9.47 Å². The van der Waals surface area contributed by atoms with Crippen molar-refractivity contribution < 1.29 is 19.1 Å². The third kappa shape index (κ3) is 4.95. The molecular formula is C20H25NO4. The topological polar surface area (TPSA) is 55.8 Å². The maximum Gasteiger partial charge on any atom is 0.424 e. The molecule has 0 bridgehead atoms. The van der Waals surface area contributed by atoms with Gasteiger partial charge in [0.1, 0.15) is 0 Å². The maximum atomic E-state index is 12.6. The van der Waals surface area contributed by atoms with Crippen molar-refractivity contribution in [3.05, 3.63) is 42.5 Å². The van der Waals surface area contributed by atoms with Crippen LogP contribution < -0.4 is 4.90 Å². The molecule has 0 saturated carbocycles. The summed E-state index contributed by atoms with van der Waals surface area (Å²) in [7, 11) is 0. The van der Waals surface area contributed by atoms with Crippen LogP contribution in [0.5, 0.6) is 0 Å². The van der Waals surface area contributed by atoms with E-state index in [1.54, 1.807) is 12.1 Å². The Kier molecular flexibility index (Phi) is 6.39. The number of hydrogen-bond donors (Lipinski definition) is 0. The molecule has 0 unspecified atom stereocenters. The highest BCUT2D eigenvalue weighted by molar-refractivity contribution is 6.14. The highest BCUT2D eigenvalue weighted by Crippen LogP contribution is 2.28. The second-order valence-electron chi connectivity index (χ2n) is 6.78. The number of hydrogen-bond acceptors (Lipinski definition) is 4. The molecule has 2 amide bonds. The fourth-order valence-electron chi connectivity index (χ4n) is 2.28. The number of amides is 2. The molecule has 134 valence electrons. The normalized spacial score (nSPS) is 11.0. The maximum absolute atomic E-state index is 12.6. The Bertz CT molecular complexity index is 710. The summed E-state index contributed by atoms with van der Waals surface area (Å²) in [6.45, 7) is 8.22. The van der Waals surface area contributed by atoms with Gasteiger partial charge in [0, 0.05) is 5.39 Å². The quantitative estimate of drug-likeness (QED) is 0.746. The highest BCUT2D eigenvalue weighted by atomic mass is 16.6. The van der Waals surface area contributed by atoms with E-state index in [-0.39, 0.29) is 25.0 Å². The van der Waals surface area contributed by atoms with Crippen molar-refractivity contribution in [2.75, 3.05) is 18.1 Å². The zero-order valence-electron chi connectivity index (χ0n) is 15.2. The molecule has 2 aromatic carbocycles. The van der Waals surface area contributed by atoms with Crippen LogP contribution in [0, 0.1) is 11.8 Å². The number of carbonyl (C=O) groups is 2. The zero-order valence-corrected chi connectivity index (χ0v) is 15.2. The van der Waals surface area contributed by atoms with E-state index in [2.05, 4.69) is 0 Å². The van der Waals surface area contributed by atoms with Gasteiger partial charge in [0.2, 0.25) is 0 Å². The molecule has 25 heavy (non-hydrogen) atoms. The van der Waals surface area contributed by atoms with E-state index in [0.29, 0.717) is 5.69 Å².